The first-order chi connectivity index (χ1) is 9.62. The molecule has 0 saturated heterocycles. The van der Waals surface area contributed by atoms with E-state index in [1.54, 1.807) is 24.3 Å². The van der Waals surface area contributed by atoms with Crippen LogP contribution in [0.4, 0.5) is 22.0 Å². The van der Waals surface area contributed by atoms with E-state index in [4.69, 9.17) is 0 Å². The van der Waals surface area contributed by atoms with Gasteiger partial charge in [0, 0.05) is 12.6 Å². The molecule has 0 spiro atoms. The molecule has 0 amide bonds. The third-order valence-corrected chi connectivity index (χ3v) is 2.70. The molecule has 1 rings (SSSR count). The maximum absolute atomic E-state index is 12.6. The molecular formula is C14H18F5NO. The summed E-state index contributed by atoms with van der Waals surface area (Å²) in [4.78, 5) is 0. The van der Waals surface area contributed by atoms with Crippen LogP contribution in [-0.2, 0) is 17.9 Å². The summed E-state index contributed by atoms with van der Waals surface area (Å²) in [6.45, 7) is 2.70. The van der Waals surface area contributed by atoms with Crippen molar-refractivity contribution in [2.75, 3.05) is 6.61 Å². The number of hydrogen-bond donors (Lipinski definition) is 1. The normalized spacial score (nSPS) is 13.0. The molecule has 0 saturated carbocycles. The smallest absolute Gasteiger partial charge is 0.370 e. The van der Waals surface area contributed by atoms with Crippen LogP contribution in [0.5, 0.6) is 0 Å². The predicted octanol–water partition coefficient (Wildman–Crippen LogP) is 3.90. The number of halogens is 5. The van der Waals surface area contributed by atoms with E-state index in [1.807, 2.05) is 13.8 Å². The molecule has 0 unspecified atom stereocenters. The lowest BCUT2D eigenvalue weighted by molar-refractivity contribution is -0.297. The summed E-state index contributed by atoms with van der Waals surface area (Å²) in [5.74, 6) is -4.83. The Balaban J connectivity index is 2.43. The lowest BCUT2D eigenvalue weighted by Crippen LogP contribution is -2.40. The Bertz CT molecular complexity index is 428. The van der Waals surface area contributed by atoms with Crippen molar-refractivity contribution >= 4 is 0 Å². The lowest BCUT2D eigenvalue weighted by atomic mass is 10.1. The maximum Gasteiger partial charge on any atom is 0.455 e. The Labute approximate surface area is 120 Å². The van der Waals surface area contributed by atoms with Gasteiger partial charge in [-0.15, -0.1) is 0 Å². The highest BCUT2D eigenvalue weighted by molar-refractivity contribution is 5.21. The zero-order valence-corrected chi connectivity index (χ0v) is 11.8. The van der Waals surface area contributed by atoms with Gasteiger partial charge in [-0.05, 0) is 11.1 Å². The molecule has 1 N–H and O–H groups in total. The molecule has 0 bridgehead atoms. The highest BCUT2D eigenvalue weighted by Gasteiger charge is 2.57. The first-order valence-corrected chi connectivity index (χ1v) is 6.45. The van der Waals surface area contributed by atoms with Crippen molar-refractivity contribution in [2.24, 2.45) is 0 Å². The Kier molecular flexibility index (Phi) is 6.10. The zero-order chi connectivity index (χ0) is 16.1. The summed E-state index contributed by atoms with van der Waals surface area (Å²) in [5.41, 5.74) is 1.54. The van der Waals surface area contributed by atoms with Gasteiger partial charge in [-0.1, -0.05) is 38.1 Å². The molecule has 0 atom stereocenters. The van der Waals surface area contributed by atoms with Gasteiger partial charge < -0.3 is 10.1 Å². The molecule has 0 aromatic heterocycles. The van der Waals surface area contributed by atoms with Crippen molar-refractivity contribution < 1.29 is 26.7 Å². The molecular weight excluding hydrogens is 293 g/mol. The Morgan fingerprint density at radius 3 is 2.00 bits per heavy atom. The minimum absolute atomic E-state index is 0.288. The van der Waals surface area contributed by atoms with Crippen molar-refractivity contribution in [1.82, 2.24) is 5.32 Å². The van der Waals surface area contributed by atoms with Gasteiger partial charge in [0.2, 0.25) is 0 Å². The highest BCUT2D eigenvalue weighted by Crippen LogP contribution is 2.35. The van der Waals surface area contributed by atoms with Crippen LogP contribution in [0, 0.1) is 0 Å². The fourth-order valence-electron chi connectivity index (χ4n) is 1.45. The van der Waals surface area contributed by atoms with E-state index in [-0.39, 0.29) is 6.61 Å². The van der Waals surface area contributed by atoms with Crippen LogP contribution in [-0.4, -0.2) is 24.7 Å². The van der Waals surface area contributed by atoms with Gasteiger partial charge in [0.1, 0.15) is 6.61 Å². The molecule has 2 nitrogen and oxygen atoms in total. The SMILES string of the molecule is CC(C)NCc1ccc(COCC(F)(F)C(F)(F)F)cc1. The summed E-state index contributed by atoms with van der Waals surface area (Å²) in [6.07, 6.45) is -5.58. The third kappa shape index (κ3) is 5.97. The molecule has 0 aliphatic heterocycles. The van der Waals surface area contributed by atoms with Crippen LogP contribution in [0.15, 0.2) is 24.3 Å². The zero-order valence-electron chi connectivity index (χ0n) is 11.8. The lowest BCUT2D eigenvalue weighted by Gasteiger charge is -2.19. The van der Waals surface area contributed by atoms with E-state index < -0.39 is 18.7 Å². The molecule has 1 aromatic carbocycles. The van der Waals surface area contributed by atoms with E-state index >= 15 is 0 Å². The second kappa shape index (κ2) is 7.17. The molecule has 0 fully saturated rings. The van der Waals surface area contributed by atoms with Crippen LogP contribution in [0.2, 0.25) is 0 Å². The summed E-state index contributed by atoms with van der Waals surface area (Å²) in [5, 5.41) is 3.21. The second-order valence-electron chi connectivity index (χ2n) is 5.05. The largest absolute Gasteiger partial charge is 0.455 e. The van der Waals surface area contributed by atoms with Crippen LogP contribution >= 0.6 is 0 Å². The number of benzene rings is 1. The second-order valence-corrected chi connectivity index (χ2v) is 5.05. The Morgan fingerprint density at radius 2 is 1.52 bits per heavy atom. The van der Waals surface area contributed by atoms with Gasteiger partial charge >= 0.3 is 12.1 Å². The molecule has 0 aliphatic rings. The number of alkyl halides is 5. The molecule has 1 aromatic rings. The molecule has 21 heavy (non-hydrogen) atoms. The van der Waals surface area contributed by atoms with Gasteiger partial charge in [-0.3, -0.25) is 0 Å². The van der Waals surface area contributed by atoms with E-state index in [0.29, 0.717) is 18.2 Å². The number of ether oxygens (including phenoxy) is 1. The first kappa shape index (κ1) is 17.8. The van der Waals surface area contributed by atoms with Crippen molar-refractivity contribution in [3.63, 3.8) is 0 Å². The third-order valence-electron chi connectivity index (χ3n) is 2.70. The minimum Gasteiger partial charge on any atom is -0.370 e. The monoisotopic (exact) mass is 311 g/mol. The van der Waals surface area contributed by atoms with E-state index in [9.17, 15) is 22.0 Å². The van der Waals surface area contributed by atoms with Gasteiger partial charge in [-0.25, -0.2) is 0 Å². The van der Waals surface area contributed by atoms with Crippen molar-refractivity contribution in [3.8, 4) is 0 Å². The van der Waals surface area contributed by atoms with Gasteiger partial charge in [0.25, 0.3) is 0 Å². The molecule has 0 heterocycles. The first-order valence-electron chi connectivity index (χ1n) is 6.45. The number of rotatable bonds is 7. The van der Waals surface area contributed by atoms with Gasteiger partial charge in [0.15, 0.2) is 0 Å². The molecule has 7 heteroatoms. The van der Waals surface area contributed by atoms with Crippen molar-refractivity contribution in [1.29, 1.82) is 0 Å². The maximum atomic E-state index is 12.6. The van der Waals surface area contributed by atoms with Crippen LogP contribution in [0.3, 0.4) is 0 Å². The van der Waals surface area contributed by atoms with E-state index in [1.165, 1.54) is 0 Å². The number of nitrogens with one attached hydrogen (secondary N) is 1. The Morgan fingerprint density at radius 1 is 1.00 bits per heavy atom. The van der Waals surface area contributed by atoms with E-state index in [2.05, 4.69) is 10.1 Å². The topological polar surface area (TPSA) is 21.3 Å². The average molecular weight is 311 g/mol. The Hall–Kier alpha value is -1.21. The fraction of sp³-hybridized carbons (Fsp3) is 0.571. The van der Waals surface area contributed by atoms with E-state index in [0.717, 1.165) is 5.56 Å². The quantitative estimate of drug-likeness (QED) is 0.771. The highest BCUT2D eigenvalue weighted by atomic mass is 19.4. The van der Waals surface area contributed by atoms with Crippen LogP contribution < -0.4 is 5.32 Å². The summed E-state index contributed by atoms with van der Waals surface area (Å²) < 4.78 is 65.5. The minimum atomic E-state index is -5.58. The molecule has 120 valence electrons. The summed E-state index contributed by atoms with van der Waals surface area (Å²) in [6, 6.07) is 7.16. The number of hydrogen-bond acceptors (Lipinski definition) is 2. The molecule has 0 aliphatic carbocycles. The van der Waals surface area contributed by atoms with Crippen LogP contribution in [0.25, 0.3) is 0 Å². The van der Waals surface area contributed by atoms with Gasteiger partial charge in [-0.2, -0.15) is 22.0 Å². The summed E-state index contributed by atoms with van der Waals surface area (Å²) >= 11 is 0. The predicted molar refractivity (Wildman–Crippen MR) is 69.1 cm³/mol. The van der Waals surface area contributed by atoms with Crippen molar-refractivity contribution in [2.45, 2.75) is 45.1 Å². The molecule has 0 radical (unpaired) electrons. The summed E-state index contributed by atoms with van der Waals surface area (Å²) in [7, 11) is 0. The standard InChI is InChI=1S/C14H18F5NO/c1-10(2)20-7-11-3-5-12(6-4-11)8-21-9-13(15,16)14(17,18)19/h3-6,10,20H,7-9H2,1-2H3. The van der Waals surface area contributed by atoms with Gasteiger partial charge in [0.05, 0.1) is 6.61 Å². The van der Waals surface area contributed by atoms with Crippen molar-refractivity contribution in [3.05, 3.63) is 35.4 Å². The fourth-order valence-corrected chi connectivity index (χ4v) is 1.45. The average Bonchev–Trinajstić information content (AvgIpc) is 2.36. The van der Waals surface area contributed by atoms with Crippen LogP contribution in [0.1, 0.15) is 25.0 Å².